The maximum atomic E-state index is 13.6. The number of halogens is 1. The fraction of sp³-hybridized carbons (Fsp3) is 0.231. The zero-order valence-corrected chi connectivity index (χ0v) is 10.4. The Labute approximate surface area is 110 Å². The molecule has 4 N–H and O–H groups in total. The number of primary amides is 1. The largest absolute Gasteiger partial charge is 0.368 e. The van der Waals surface area contributed by atoms with Crippen LogP contribution in [-0.4, -0.2) is 36.9 Å². The van der Waals surface area contributed by atoms with Gasteiger partial charge in [-0.3, -0.25) is 9.59 Å². The molecule has 19 heavy (non-hydrogen) atoms. The SMILES string of the molecule is CN(CC(N)=O)C(=O)c1cc(C#CCN)ccc1F. The van der Waals surface area contributed by atoms with Crippen LogP contribution in [0.5, 0.6) is 0 Å². The molecule has 0 bridgehead atoms. The average molecular weight is 263 g/mol. The van der Waals surface area contributed by atoms with Crippen LogP contribution in [0.1, 0.15) is 15.9 Å². The van der Waals surface area contributed by atoms with Gasteiger partial charge in [0.25, 0.3) is 5.91 Å². The molecule has 6 heteroatoms. The van der Waals surface area contributed by atoms with Crippen molar-refractivity contribution in [2.45, 2.75) is 0 Å². The van der Waals surface area contributed by atoms with Crippen molar-refractivity contribution >= 4 is 11.8 Å². The van der Waals surface area contributed by atoms with Gasteiger partial charge in [0.15, 0.2) is 0 Å². The Morgan fingerprint density at radius 3 is 2.68 bits per heavy atom. The van der Waals surface area contributed by atoms with Gasteiger partial charge < -0.3 is 16.4 Å². The maximum Gasteiger partial charge on any atom is 0.257 e. The summed E-state index contributed by atoms with van der Waals surface area (Å²) in [5.74, 6) is 3.33. The van der Waals surface area contributed by atoms with Crippen molar-refractivity contribution in [3.8, 4) is 11.8 Å². The Bertz CT molecular complexity index is 561. The quantitative estimate of drug-likeness (QED) is 0.733. The molecule has 1 rings (SSSR count). The minimum absolute atomic E-state index is 0.160. The van der Waals surface area contributed by atoms with Crippen LogP contribution >= 0.6 is 0 Å². The lowest BCUT2D eigenvalue weighted by molar-refractivity contribution is -0.118. The molecule has 0 aliphatic carbocycles. The van der Waals surface area contributed by atoms with E-state index in [1.54, 1.807) is 0 Å². The first kappa shape index (κ1) is 14.7. The fourth-order valence-electron chi connectivity index (χ4n) is 1.43. The maximum absolute atomic E-state index is 13.6. The standard InChI is InChI=1S/C13H14FN3O2/c1-17(8-12(16)18)13(19)10-7-9(3-2-6-15)4-5-11(10)14/h4-5,7H,6,8,15H2,1H3,(H2,16,18). The Hall–Kier alpha value is -2.39. The summed E-state index contributed by atoms with van der Waals surface area (Å²) in [6.45, 7) is -0.112. The van der Waals surface area contributed by atoms with E-state index >= 15 is 0 Å². The minimum Gasteiger partial charge on any atom is -0.368 e. The molecule has 0 fully saturated rings. The first-order chi connectivity index (χ1) is 8.95. The summed E-state index contributed by atoms with van der Waals surface area (Å²) in [6.07, 6.45) is 0. The van der Waals surface area contributed by atoms with Gasteiger partial charge in [0.1, 0.15) is 5.82 Å². The number of nitrogens with two attached hydrogens (primary N) is 2. The Morgan fingerprint density at radius 2 is 2.11 bits per heavy atom. The van der Waals surface area contributed by atoms with Crippen LogP contribution in [0.3, 0.4) is 0 Å². The zero-order valence-electron chi connectivity index (χ0n) is 10.4. The van der Waals surface area contributed by atoms with Gasteiger partial charge in [0.05, 0.1) is 18.7 Å². The number of hydrogen-bond donors (Lipinski definition) is 2. The number of amides is 2. The number of nitrogens with zero attached hydrogens (tertiary/aromatic N) is 1. The molecular weight excluding hydrogens is 249 g/mol. The summed E-state index contributed by atoms with van der Waals surface area (Å²) in [6, 6.07) is 3.91. The Kier molecular flexibility index (Phi) is 5.03. The van der Waals surface area contributed by atoms with E-state index in [1.807, 2.05) is 0 Å². The van der Waals surface area contributed by atoms with Gasteiger partial charge in [0.2, 0.25) is 5.91 Å². The Morgan fingerprint density at radius 1 is 1.42 bits per heavy atom. The second-order valence-electron chi connectivity index (χ2n) is 3.83. The Balaban J connectivity index is 3.04. The van der Waals surface area contributed by atoms with Crippen LogP contribution in [0.25, 0.3) is 0 Å². The van der Waals surface area contributed by atoms with Crippen LogP contribution < -0.4 is 11.5 Å². The van der Waals surface area contributed by atoms with Gasteiger partial charge in [-0.2, -0.15) is 0 Å². The molecule has 0 unspecified atom stereocenters. The van der Waals surface area contributed by atoms with Gasteiger partial charge in [-0.25, -0.2) is 4.39 Å². The van der Waals surface area contributed by atoms with Crippen LogP contribution in [-0.2, 0) is 4.79 Å². The molecule has 1 aromatic rings. The molecule has 0 aliphatic rings. The van der Waals surface area contributed by atoms with Crippen LogP contribution in [0.2, 0.25) is 0 Å². The molecule has 0 heterocycles. The summed E-state index contributed by atoms with van der Waals surface area (Å²) in [5, 5.41) is 0. The normalized spacial score (nSPS) is 9.42. The summed E-state index contributed by atoms with van der Waals surface area (Å²) in [5.41, 5.74) is 10.5. The molecule has 0 aliphatic heterocycles. The van der Waals surface area contributed by atoms with Gasteiger partial charge in [-0.1, -0.05) is 11.8 Å². The third-order valence-corrected chi connectivity index (χ3v) is 2.27. The van der Waals surface area contributed by atoms with Gasteiger partial charge in [-0.05, 0) is 18.2 Å². The topological polar surface area (TPSA) is 89.4 Å². The van der Waals surface area contributed by atoms with Crippen molar-refractivity contribution in [1.29, 1.82) is 0 Å². The highest BCUT2D eigenvalue weighted by Crippen LogP contribution is 2.12. The number of carbonyl (C=O) groups excluding carboxylic acids is 2. The van der Waals surface area contributed by atoms with E-state index in [2.05, 4.69) is 11.8 Å². The van der Waals surface area contributed by atoms with Crippen LogP contribution in [0.15, 0.2) is 18.2 Å². The number of benzene rings is 1. The smallest absolute Gasteiger partial charge is 0.257 e. The first-order valence-electron chi connectivity index (χ1n) is 5.48. The highest BCUT2D eigenvalue weighted by molar-refractivity contribution is 5.96. The molecule has 100 valence electrons. The van der Waals surface area contributed by atoms with E-state index in [-0.39, 0.29) is 18.7 Å². The molecule has 1 aromatic carbocycles. The number of carbonyl (C=O) groups is 2. The molecule has 0 atom stereocenters. The monoisotopic (exact) mass is 263 g/mol. The number of hydrogen-bond acceptors (Lipinski definition) is 3. The molecule has 0 saturated heterocycles. The van der Waals surface area contributed by atoms with Crippen molar-refractivity contribution in [2.24, 2.45) is 11.5 Å². The summed E-state index contributed by atoms with van der Waals surface area (Å²) in [4.78, 5) is 23.7. The van der Waals surface area contributed by atoms with Crippen LogP contribution in [0, 0.1) is 17.7 Å². The van der Waals surface area contributed by atoms with Crippen molar-refractivity contribution in [1.82, 2.24) is 4.90 Å². The lowest BCUT2D eigenvalue weighted by atomic mass is 10.1. The van der Waals surface area contributed by atoms with Crippen molar-refractivity contribution < 1.29 is 14.0 Å². The van der Waals surface area contributed by atoms with Gasteiger partial charge in [-0.15, -0.1) is 0 Å². The molecule has 0 saturated carbocycles. The summed E-state index contributed by atoms with van der Waals surface area (Å²) < 4.78 is 13.6. The molecule has 0 radical (unpaired) electrons. The van der Waals surface area contributed by atoms with E-state index in [0.717, 1.165) is 11.0 Å². The van der Waals surface area contributed by atoms with E-state index in [9.17, 15) is 14.0 Å². The summed E-state index contributed by atoms with van der Waals surface area (Å²) >= 11 is 0. The minimum atomic E-state index is -0.681. The first-order valence-corrected chi connectivity index (χ1v) is 5.48. The highest BCUT2D eigenvalue weighted by Gasteiger charge is 2.17. The van der Waals surface area contributed by atoms with Crippen LogP contribution in [0.4, 0.5) is 4.39 Å². The summed E-state index contributed by atoms with van der Waals surface area (Å²) in [7, 11) is 1.37. The molecule has 0 aromatic heterocycles. The predicted octanol–water partition coefficient (Wildman–Crippen LogP) is -0.307. The number of rotatable bonds is 3. The molecule has 0 spiro atoms. The van der Waals surface area contributed by atoms with Crippen molar-refractivity contribution in [3.05, 3.63) is 35.1 Å². The highest BCUT2D eigenvalue weighted by atomic mass is 19.1. The average Bonchev–Trinajstić information content (AvgIpc) is 2.36. The molecule has 2 amide bonds. The lowest BCUT2D eigenvalue weighted by Gasteiger charge is -2.15. The zero-order chi connectivity index (χ0) is 14.4. The molecule has 5 nitrogen and oxygen atoms in total. The third kappa shape index (κ3) is 4.08. The number of likely N-dealkylation sites (N-methyl/N-ethyl adjacent to an activating group) is 1. The fourth-order valence-corrected chi connectivity index (χ4v) is 1.43. The predicted molar refractivity (Wildman–Crippen MR) is 68.5 cm³/mol. The van der Waals surface area contributed by atoms with Crippen molar-refractivity contribution in [2.75, 3.05) is 20.1 Å². The lowest BCUT2D eigenvalue weighted by Crippen LogP contribution is -2.35. The van der Waals surface area contributed by atoms with Gasteiger partial charge in [0, 0.05) is 12.6 Å². The van der Waals surface area contributed by atoms with E-state index in [4.69, 9.17) is 11.5 Å². The molecular formula is C13H14FN3O2. The van der Waals surface area contributed by atoms with Gasteiger partial charge >= 0.3 is 0 Å². The van der Waals surface area contributed by atoms with Crippen molar-refractivity contribution in [3.63, 3.8) is 0 Å². The second kappa shape index (κ2) is 6.52. The van der Waals surface area contributed by atoms with E-state index in [1.165, 1.54) is 19.2 Å². The van der Waals surface area contributed by atoms with E-state index in [0.29, 0.717) is 5.56 Å². The second-order valence-corrected chi connectivity index (χ2v) is 3.83. The van der Waals surface area contributed by atoms with E-state index < -0.39 is 17.6 Å². The third-order valence-electron chi connectivity index (χ3n) is 2.27.